The van der Waals surface area contributed by atoms with Crippen molar-refractivity contribution in [1.82, 2.24) is 0 Å². The van der Waals surface area contributed by atoms with Gasteiger partial charge in [0.2, 0.25) is 0 Å². The molecule has 0 aliphatic heterocycles. The molecule has 0 saturated heterocycles. The number of amides is 3. The van der Waals surface area contributed by atoms with E-state index >= 15 is 0 Å². The number of carbonyl (C=O) groups excluding carboxylic acids is 2. The Kier molecular flexibility index (Phi) is 5.68. The first-order valence-electron chi connectivity index (χ1n) is 8.01. The van der Waals surface area contributed by atoms with Gasteiger partial charge in [0, 0.05) is 22.1 Å². The monoisotopic (exact) mass is 383 g/mol. The Morgan fingerprint density at radius 3 is 1.93 bits per heavy atom. The zero-order valence-electron chi connectivity index (χ0n) is 14.0. The number of hydrogen-bond donors (Lipinski definition) is 3. The van der Waals surface area contributed by atoms with Gasteiger partial charge in [0.1, 0.15) is 5.82 Å². The molecule has 0 bridgehead atoms. The standard InChI is InChI=1S/C20H15ClFN3O2/c21-13-6-11-18(22)17(12-13)19(26)23-15-7-9-16(10-8-15)25-20(27)24-14-4-2-1-3-5-14/h1-12H,(H,23,26)(H2,24,25,27). The Morgan fingerprint density at radius 1 is 0.741 bits per heavy atom. The van der Waals surface area contributed by atoms with Crippen LogP contribution in [-0.2, 0) is 0 Å². The molecule has 3 N–H and O–H groups in total. The minimum Gasteiger partial charge on any atom is -0.322 e. The molecule has 3 amide bonds. The summed E-state index contributed by atoms with van der Waals surface area (Å²) in [6.07, 6.45) is 0. The second-order valence-corrected chi connectivity index (χ2v) is 6.04. The lowest BCUT2D eigenvalue weighted by Crippen LogP contribution is -2.19. The van der Waals surface area contributed by atoms with E-state index in [4.69, 9.17) is 11.6 Å². The molecule has 136 valence electrons. The molecule has 0 radical (unpaired) electrons. The first-order chi connectivity index (χ1) is 13.0. The molecule has 3 aromatic carbocycles. The molecule has 0 atom stereocenters. The van der Waals surface area contributed by atoms with Gasteiger partial charge in [-0.15, -0.1) is 0 Å². The lowest BCUT2D eigenvalue weighted by Gasteiger charge is -2.09. The number of hydrogen-bond acceptors (Lipinski definition) is 2. The average Bonchev–Trinajstić information content (AvgIpc) is 2.66. The predicted molar refractivity (Wildman–Crippen MR) is 105 cm³/mol. The van der Waals surface area contributed by atoms with Gasteiger partial charge in [-0.1, -0.05) is 29.8 Å². The average molecular weight is 384 g/mol. The number of carbonyl (C=O) groups is 2. The van der Waals surface area contributed by atoms with E-state index < -0.39 is 11.7 Å². The smallest absolute Gasteiger partial charge is 0.322 e. The molecule has 0 aromatic heterocycles. The third-order valence-corrected chi connectivity index (χ3v) is 3.84. The van der Waals surface area contributed by atoms with E-state index in [1.54, 1.807) is 36.4 Å². The third kappa shape index (κ3) is 5.05. The molecule has 27 heavy (non-hydrogen) atoms. The highest BCUT2D eigenvalue weighted by Crippen LogP contribution is 2.18. The fraction of sp³-hybridized carbons (Fsp3) is 0. The molecular weight excluding hydrogens is 369 g/mol. The maximum absolute atomic E-state index is 13.7. The quantitative estimate of drug-likeness (QED) is 0.566. The molecule has 0 heterocycles. The second-order valence-electron chi connectivity index (χ2n) is 5.60. The van der Waals surface area contributed by atoms with Crippen molar-refractivity contribution >= 4 is 40.6 Å². The fourth-order valence-corrected chi connectivity index (χ4v) is 2.49. The van der Waals surface area contributed by atoms with Crippen molar-refractivity contribution in [2.75, 3.05) is 16.0 Å². The van der Waals surface area contributed by atoms with Gasteiger partial charge >= 0.3 is 6.03 Å². The largest absolute Gasteiger partial charge is 0.323 e. The molecule has 5 nitrogen and oxygen atoms in total. The molecular formula is C20H15ClFN3O2. The molecule has 0 aliphatic carbocycles. The van der Waals surface area contributed by atoms with E-state index in [0.717, 1.165) is 6.07 Å². The number of urea groups is 1. The molecule has 0 spiro atoms. The topological polar surface area (TPSA) is 70.2 Å². The van der Waals surface area contributed by atoms with Crippen LogP contribution in [0.1, 0.15) is 10.4 Å². The summed E-state index contributed by atoms with van der Waals surface area (Å²) in [6.45, 7) is 0. The fourth-order valence-electron chi connectivity index (χ4n) is 2.32. The van der Waals surface area contributed by atoms with Crippen molar-refractivity contribution < 1.29 is 14.0 Å². The van der Waals surface area contributed by atoms with Gasteiger partial charge in [-0.2, -0.15) is 0 Å². The van der Waals surface area contributed by atoms with Gasteiger partial charge < -0.3 is 16.0 Å². The van der Waals surface area contributed by atoms with E-state index in [1.807, 2.05) is 18.2 Å². The molecule has 3 aromatic rings. The molecule has 3 rings (SSSR count). The highest BCUT2D eigenvalue weighted by atomic mass is 35.5. The van der Waals surface area contributed by atoms with Crippen molar-refractivity contribution in [3.63, 3.8) is 0 Å². The van der Waals surface area contributed by atoms with Crippen LogP contribution in [0.4, 0.5) is 26.2 Å². The van der Waals surface area contributed by atoms with Crippen molar-refractivity contribution in [2.45, 2.75) is 0 Å². The highest BCUT2D eigenvalue weighted by molar-refractivity contribution is 6.31. The van der Waals surface area contributed by atoms with Crippen molar-refractivity contribution in [3.05, 3.63) is 89.2 Å². The predicted octanol–water partition coefficient (Wildman–Crippen LogP) is 5.38. The van der Waals surface area contributed by atoms with Gasteiger partial charge in [0.15, 0.2) is 0 Å². The summed E-state index contributed by atoms with van der Waals surface area (Å²) in [6, 6.07) is 18.8. The highest BCUT2D eigenvalue weighted by Gasteiger charge is 2.12. The van der Waals surface area contributed by atoms with Crippen LogP contribution in [0.2, 0.25) is 5.02 Å². The first-order valence-corrected chi connectivity index (χ1v) is 8.38. The minimum absolute atomic E-state index is 0.146. The van der Waals surface area contributed by atoms with E-state index in [-0.39, 0.29) is 16.6 Å². The van der Waals surface area contributed by atoms with Gasteiger partial charge in [-0.25, -0.2) is 9.18 Å². The van der Waals surface area contributed by atoms with E-state index in [9.17, 15) is 14.0 Å². The molecule has 0 fully saturated rings. The SMILES string of the molecule is O=C(Nc1ccccc1)Nc1ccc(NC(=O)c2cc(Cl)ccc2F)cc1. The minimum atomic E-state index is -0.659. The second kappa shape index (κ2) is 8.33. The molecule has 0 saturated carbocycles. The van der Waals surface area contributed by atoms with Gasteiger partial charge in [0.25, 0.3) is 5.91 Å². The summed E-state index contributed by atoms with van der Waals surface area (Å²) >= 11 is 5.80. The van der Waals surface area contributed by atoms with Crippen molar-refractivity contribution in [3.8, 4) is 0 Å². The van der Waals surface area contributed by atoms with Crippen LogP contribution in [0.3, 0.4) is 0 Å². The Hall–Kier alpha value is -3.38. The van der Waals surface area contributed by atoms with Crippen LogP contribution in [0.15, 0.2) is 72.8 Å². The number of nitrogens with one attached hydrogen (secondary N) is 3. The Labute approximate surface area is 160 Å². The first kappa shape index (κ1) is 18.4. The number of anilines is 3. The van der Waals surface area contributed by atoms with Gasteiger partial charge in [-0.3, -0.25) is 4.79 Å². The zero-order valence-corrected chi connectivity index (χ0v) is 14.8. The molecule has 7 heteroatoms. The Morgan fingerprint density at radius 2 is 1.30 bits per heavy atom. The van der Waals surface area contributed by atoms with Gasteiger partial charge in [0.05, 0.1) is 5.56 Å². The lowest BCUT2D eigenvalue weighted by molar-refractivity contribution is 0.102. The summed E-state index contributed by atoms with van der Waals surface area (Å²) in [5.41, 5.74) is 1.51. The number of rotatable bonds is 4. The van der Waals surface area contributed by atoms with Crippen LogP contribution >= 0.6 is 11.6 Å². The Bertz CT molecular complexity index is 963. The number of para-hydroxylation sites is 1. The number of halogens is 2. The maximum Gasteiger partial charge on any atom is 0.323 e. The van der Waals surface area contributed by atoms with Crippen LogP contribution in [0, 0.1) is 5.82 Å². The van der Waals surface area contributed by atoms with Crippen LogP contribution in [0.5, 0.6) is 0 Å². The lowest BCUT2D eigenvalue weighted by atomic mass is 10.2. The summed E-state index contributed by atoms with van der Waals surface area (Å²) in [5.74, 6) is -1.27. The summed E-state index contributed by atoms with van der Waals surface area (Å²) < 4.78 is 13.7. The summed E-state index contributed by atoms with van der Waals surface area (Å²) in [7, 11) is 0. The summed E-state index contributed by atoms with van der Waals surface area (Å²) in [4.78, 5) is 24.1. The normalized spacial score (nSPS) is 10.1. The number of benzene rings is 3. The van der Waals surface area contributed by atoms with Gasteiger partial charge in [-0.05, 0) is 54.6 Å². The summed E-state index contributed by atoms with van der Waals surface area (Å²) in [5, 5.41) is 8.23. The molecule has 0 aliphatic rings. The van der Waals surface area contributed by atoms with E-state index in [0.29, 0.717) is 17.1 Å². The van der Waals surface area contributed by atoms with Crippen molar-refractivity contribution in [2.24, 2.45) is 0 Å². The van der Waals surface area contributed by atoms with E-state index in [2.05, 4.69) is 16.0 Å². The third-order valence-electron chi connectivity index (χ3n) is 3.61. The maximum atomic E-state index is 13.7. The van der Waals surface area contributed by atoms with Crippen molar-refractivity contribution in [1.29, 1.82) is 0 Å². The van der Waals surface area contributed by atoms with E-state index in [1.165, 1.54) is 12.1 Å². The van der Waals surface area contributed by atoms with Crippen LogP contribution < -0.4 is 16.0 Å². The Balaban J connectivity index is 1.61. The molecule has 0 unspecified atom stereocenters. The van der Waals surface area contributed by atoms with Crippen LogP contribution in [-0.4, -0.2) is 11.9 Å². The zero-order chi connectivity index (χ0) is 19.2. The van der Waals surface area contributed by atoms with Crippen LogP contribution in [0.25, 0.3) is 0 Å².